The lowest BCUT2D eigenvalue weighted by Gasteiger charge is -2.07. The number of hydrogen-bond donors (Lipinski definition) is 0. The van der Waals surface area contributed by atoms with Gasteiger partial charge in [0, 0.05) is 0 Å². The van der Waals surface area contributed by atoms with E-state index in [1.165, 1.54) is 7.11 Å². The molecule has 0 saturated heterocycles. The normalized spacial score (nSPS) is 9.47. The molecule has 19 heavy (non-hydrogen) atoms. The molecular weight excluding hydrogens is 242 g/mol. The molecule has 0 aliphatic carbocycles. The molecule has 0 atom stereocenters. The molecule has 0 bridgehead atoms. The molecule has 2 aromatic carbocycles. The molecule has 2 aromatic rings. The van der Waals surface area contributed by atoms with Gasteiger partial charge < -0.3 is 9.47 Å². The van der Waals surface area contributed by atoms with E-state index in [-0.39, 0.29) is 0 Å². The summed E-state index contributed by atoms with van der Waals surface area (Å²) in [5.74, 6) is 0.634. The second-order valence-electron chi connectivity index (χ2n) is 3.73. The van der Waals surface area contributed by atoms with Gasteiger partial charge in [-0.25, -0.2) is 4.79 Å². The van der Waals surface area contributed by atoms with Crippen molar-refractivity contribution in [3.63, 3.8) is 0 Å². The summed E-state index contributed by atoms with van der Waals surface area (Å²) in [4.78, 5) is 11.3. The first-order chi connectivity index (χ1) is 9.24. The Morgan fingerprint density at radius 1 is 1.11 bits per heavy atom. The van der Waals surface area contributed by atoms with E-state index in [1.54, 1.807) is 48.5 Å². The van der Waals surface area contributed by atoms with Crippen molar-refractivity contribution >= 4 is 5.97 Å². The van der Waals surface area contributed by atoms with E-state index in [9.17, 15) is 4.79 Å². The van der Waals surface area contributed by atoms with Crippen molar-refractivity contribution < 1.29 is 14.3 Å². The van der Waals surface area contributed by atoms with Gasteiger partial charge >= 0.3 is 5.97 Å². The van der Waals surface area contributed by atoms with Crippen LogP contribution >= 0.6 is 0 Å². The Kier molecular flexibility index (Phi) is 3.79. The van der Waals surface area contributed by atoms with E-state index in [0.29, 0.717) is 22.6 Å². The van der Waals surface area contributed by atoms with Crippen molar-refractivity contribution in [1.82, 2.24) is 0 Å². The van der Waals surface area contributed by atoms with Crippen LogP contribution in [0.2, 0.25) is 0 Å². The van der Waals surface area contributed by atoms with Crippen LogP contribution in [0.4, 0.5) is 0 Å². The lowest BCUT2D eigenvalue weighted by atomic mass is 10.2. The lowest BCUT2D eigenvalue weighted by Crippen LogP contribution is -2.00. The number of para-hydroxylation sites is 1. The first-order valence-electron chi connectivity index (χ1n) is 5.60. The minimum Gasteiger partial charge on any atom is -0.465 e. The highest BCUT2D eigenvalue weighted by Gasteiger charge is 2.06. The molecule has 0 N–H and O–H groups in total. The average molecular weight is 253 g/mol. The van der Waals surface area contributed by atoms with Crippen LogP contribution in [-0.4, -0.2) is 13.1 Å². The van der Waals surface area contributed by atoms with E-state index < -0.39 is 5.97 Å². The third-order valence-electron chi connectivity index (χ3n) is 2.51. The van der Waals surface area contributed by atoms with Crippen LogP contribution in [0.25, 0.3) is 0 Å². The number of ether oxygens (including phenoxy) is 2. The molecular formula is C15H11NO3. The average Bonchev–Trinajstić information content (AvgIpc) is 2.48. The van der Waals surface area contributed by atoms with Gasteiger partial charge in [-0.05, 0) is 36.4 Å². The van der Waals surface area contributed by atoms with Crippen LogP contribution in [0, 0.1) is 11.3 Å². The van der Waals surface area contributed by atoms with Crippen molar-refractivity contribution in [1.29, 1.82) is 5.26 Å². The highest BCUT2D eigenvalue weighted by atomic mass is 16.5. The third kappa shape index (κ3) is 2.90. The van der Waals surface area contributed by atoms with Crippen molar-refractivity contribution in [3.8, 4) is 17.6 Å². The largest absolute Gasteiger partial charge is 0.465 e. The number of hydrogen-bond acceptors (Lipinski definition) is 4. The molecule has 0 aromatic heterocycles. The Balaban J connectivity index is 2.20. The molecule has 0 unspecified atom stereocenters. The smallest absolute Gasteiger partial charge is 0.337 e. The Morgan fingerprint density at radius 3 is 2.42 bits per heavy atom. The van der Waals surface area contributed by atoms with Crippen LogP contribution in [-0.2, 0) is 4.74 Å². The fraction of sp³-hybridized carbons (Fsp3) is 0.0667. The summed E-state index contributed by atoms with van der Waals surface area (Å²) in [7, 11) is 1.33. The molecule has 0 heterocycles. The molecule has 0 spiro atoms. The molecule has 0 aliphatic heterocycles. The minimum atomic E-state index is -0.399. The highest BCUT2D eigenvalue weighted by Crippen LogP contribution is 2.24. The summed E-state index contributed by atoms with van der Waals surface area (Å²) in [5.41, 5.74) is 0.906. The molecule has 2 rings (SSSR count). The molecule has 0 aliphatic rings. The van der Waals surface area contributed by atoms with Gasteiger partial charge in [0.2, 0.25) is 0 Å². The van der Waals surface area contributed by atoms with Crippen molar-refractivity contribution in [2.45, 2.75) is 0 Å². The maximum Gasteiger partial charge on any atom is 0.337 e. The number of benzene rings is 2. The summed E-state index contributed by atoms with van der Waals surface area (Å²) >= 11 is 0. The van der Waals surface area contributed by atoms with Crippen LogP contribution in [0.5, 0.6) is 11.5 Å². The number of carbonyl (C=O) groups excluding carboxylic acids is 1. The van der Waals surface area contributed by atoms with Crippen molar-refractivity contribution in [2.75, 3.05) is 7.11 Å². The zero-order chi connectivity index (χ0) is 13.7. The summed E-state index contributed by atoms with van der Waals surface area (Å²) in [5, 5.41) is 8.95. The Labute approximate surface area is 110 Å². The van der Waals surface area contributed by atoms with E-state index >= 15 is 0 Å². The van der Waals surface area contributed by atoms with Gasteiger partial charge in [-0.15, -0.1) is 0 Å². The Morgan fingerprint density at radius 2 is 1.79 bits per heavy atom. The zero-order valence-corrected chi connectivity index (χ0v) is 10.3. The van der Waals surface area contributed by atoms with Gasteiger partial charge in [0.05, 0.1) is 18.2 Å². The number of methoxy groups -OCH3 is 1. The van der Waals surface area contributed by atoms with Crippen LogP contribution in [0.3, 0.4) is 0 Å². The van der Waals surface area contributed by atoms with E-state index in [0.717, 1.165) is 0 Å². The van der Waals surface area contributed by atoms with Gasteiger partial charge in [-0.3, -0.25) is 0 Å². The summed E-state index contributed by atoms with van der Waals surface area (Å²) in [6.45, 7) is 0. The molecule has 0 radical (unpaired) electrons. The highest BCUT2D eigenvalue weighted by molar-refractivity contribution is 5.89. The first-order valence-corrected chi connectivity index (χ1v) is 5.60. The van der Waals surface area contributed by atoms with Gasteiger partial charge in [-0.1, -0.05) is 12.1 Å². The minimum absolute atomic E-state index is 0.399. The van der Waals surface area contributed by atoms with Gasteiger partial charge in [0.1, 0.15) is 17.6 Å². The molecule has 4 heteroatoms. The number of nitrogens with zero attached hydrogens (tertiary/aromatic N) is 1. The Hall–Kier alpha value is -2.80. The second kappa shape index (κ2) is 5.69. The fourth-order valence-corrected chi connectivity index (χ4v) is 1.55. The number of esters is 1. The molecule has 4 nitrogen and oxygen atoms in total. The van der Waals surface area contributed by atoms with Gasteiger partial charge in [-0.2, -0.15) is 5.26 Å². The topological polar surface area (TPSA) is 59.3 Å². The van der Waals surface area contributed by atoms with Crippen molar-refractivity contribution in [3.05, 3.63) is 59.7 Å². The number of rotatable bonds is 3. The lowest BCUT2D eigenvalue weighted by molar-refractivity contribution is 0.0600. The fourth-order valence-electron chi connectivity index (χ4n) is 1.55. The molecule has 0 amide bonds. The first kappa shape index (κ1) is 12.7. The number of carbonyl (C=O) groups is 1. The summed E-state index contributed by atoms with van der Waals surface area (Å²) in [6, 6.07) is 15.5. The number of nitriles is 1. The van der Waals surface area contributed by atoms with Crippen LogP contribution in [0.15, 0.2) is 48.5 Å². The van der Waals surface area contributed by atoms with E-state index in [2.05, 4.69) is 10.8 Å². The van der Waals surface area contributed by atoms with Crippen LogP contribution in [0.1, 0.15) is 15.9 Å². The zero-order valence-electron chi connectivity index (χ0n) is 10.3. The predicted octanol–water partition coefficient (Wildman–Crippen LogP) is 3.14. The van der Waals surface area contributed by atoms with Crippen LogP contribution < -0.4 is 4.74 Å². The van der Waals surface area contributed by atoms with E-state index in [4.69, 9.17) is 10.00 Å². The Bertz CT molecular complexity index is 627. The quantitative estimate of drug-likeness (QED) is 0.788. The summed E-state index contributed by atoms with van der Waals surface area (Å²) in [6.07, 6.45) is 0. The third-order valence-corrected chi connectivity index (χ3v) is 2.51. The van der Waals surface area contributed by atoms with Gasteiger partial charge in [0.25, 0.3) is 0 Å². The second-order valence-corrected chi connectivity index (χ2v) is 3.73. The standard InChI is InChI=1S/C15H11NO3/c1-18-15(17)11-6-8-13(9-7-11)19-14-5-3-2-4-12(14)10-16/h2-9H,1H3. The molecule has 0 fully saturated rings. The maximum absolute atomic E-state index is 11.3. The summed E-state index contributed by atoms with van der Waals surface area (Å²) < 4.78 is 10.2. The maximum atomic E-state index is 11.3. The molecule has 94 valence electrons. The predicted molar refractivity (Wildman–Crippen MR) is 69.0 cm³/mol. The van der Waals surface area contributed by atoms with Crippen molar-refractivity contribution in [2.24, 2.45) is 0 Å². The SMILES string of the molecule is COC(=O)c1ccc(Oc2ccccc2C#N)cc1. The molecule has 0 saturated carbocycles. The van der Waals surface area contributed by atoms with E-state index in [1.807, 2.05) is 0 Å². The van der Waals surface area contributed by atoms with Gasteiger partial charge in [0.15, 0.2) is 0 Å². The monoisotopic (exact) mass is 253 g/mol.